The molecular weight excluding hydrogens is 174 g/mol. The molecule has 0 saturated heterocycles. The van der Waals surface area contributed by atoms with E-state index in [2.05, 4.69) is 22.1 Å². The molecule has 0 bridgehead atoms. The summed E-state index contributed by atoms with van der Waals surface area (Å²) in [7, 11) is 0. The van der Waals surface area contributed by atoms with E-state index in [0.717, 1.165) is 11.3 Å². The average molecular weight is 180 g/mol. The van der Waals surface area contributed by atoms with Crippen molar-refractivity contribution in [1.29, 1.82) is 5.26 Å². The van der Waals surface area contributed by atoms with Gasteiger partial charge in [-0.1, -0.05) is 6.07 Å². The smallest absolute Gasteiger partial charge is 0.0999 e. The monoisotopic (exact) mass is 180 g/mol. The Balaban J connectivity index is 2.58. The van der Waals surface area contributed by atoms with Crippen LogP contribution in [0.4, 0.5) is 0 Å². The van der Waals surface area contributed by atoms with Gasteiger partial charge in [-0.05, 0) is 12.1 Å². The Hall–Kier alpha value is -2.21. The van der Waals surface area contributed by atoms with Gasteiger partial charge in [-0.15, -0.1) is 0 Å². The minimum absolute atomic E-state index is 0.582. The van der Waals surface area contributed by atoms with Crippen LogP contribution in [0.3, 0.4) is 0 Å². The summed E-state index contributed by atoms with van der Waals surface area (Å²) in [5, 5.41) is 8.87. The van der Waals surface area contributed by atoms with Crippen LogP contribution >= 0.6 is 0 Å². The van der Waals surface area contributed by atoms with Crippen LogP contribution in [0, 0.1) is 17.4 Å². The van der Waals surface area contributed by atoms with Crippen molar-refractivity contribution in [1.82, 2.24) is 9.97 Å². The molecule has 0 atom stereocenters. The summed E-state index contributed by atoms with van der Waals surface area (Å²) in [5.74, 6) is 0. The first kappa shape index (κ1) is 8.39. The molecular formula is C11H6N3. The fourth-order valence-electron chi connectivity index (χ4n) is 1.18. The summed E-state index contributed by atoms with van der Waals surface area (Å²) in [6, 6.07) is 10.2. The van der Waals surface area contributed by atoms with Gasteiger partial charge >= 0.3 is 0 Å². The Labute approximate surface area is 81.7 Å². The normalized spacial score (nSPS) is 9.36. The zero-order valence-corrected chi connectivity index (χ0v) is 7.31. The van der Waals surface area contributed by atoms with Crippen molar-refractivity contribution in [2.75, 3.05) is 0 Å². The highest BCUT2D eigenvalue weighted by Crippen LogP contribution is 2.18. The zero-order chi connectivity index (χ0) is 9.80. The second-order valence-electron chi connectivity index (χ2n) is 2.68. The third-order valence-electron chi connectivity index (χ3n) is 1.83. The fourth-order valence-corrected chi connectivity index (χ4v) is 1.18. The molecule has 14 heavy (non-hydrogen) atoms. The van der Waals surface area contributed by atoms with Crippen molar-refractivity contribution < 1.29 is 0 Å². The maximum atomic E-state index is 8.87. The Morgan fingerprint density at radius 1 is 1.36 bits per heavy atom. The largest absolute Gasteiger partial charge is 0.264 e. The highest BCUT2D eigenvalue weighted by Gasteiger charge is 2.04. The van der Waals surface area contributed by atoms with E-state index in [1.807, 2.05) is 0 Å². The van der Waals surface area contributed by atoms with Gasteiger partial charge in [0.25, 0.3) is 0 Å². The van der Waals surface area contributed by atoms with Gasteiger partial charge < -0.3 is 0 Å². The minimum Gasteiger partial charge on any atom is -0.264 e. The topological polar surface area (TPSA) is 49.6 Å². The van der Waals surface area contributed by atoms with E-state index in [-0.39, 0.29) is 0 Å². The van der Waals surface area contributed by atoms with Gasteiger partial charge in [-0.3, -0.25) is 9.97 Å². The molecule has 0 unspecified atom stereocenters. The predicted molar refractivity (Wildman–Crippen MR) is 51.0 cm³/mol. The summed E-state index contributed by atoms with van der Waals surface area (Å²) < 4.78 is 0. The Morgan fingerprint density at radius 2 is 2.29 bits per heavy atom. The van der Waals surface area contributed by atoms with Crippen LogP contribution in [0.25, 0.3) is 11.3 Å². The van der Waals surface area contributed by atoms with Crippen LogP contribution in [-0.2, 0) is 0 Å². The number of nitrogens with zero attached hydrogens (tertiary/aromatic N) is 3. The van der Waals surface area contributed by atoms with Crippen LogP contribution in [0.2, 0.25) is 0 Å². The standard InChI is InChI=1S/C11H6N3/c12-7-9-4-6-13-8-10(9)11-3-1-2-5-14-11/h1,3-6,8H. The molecule has 2 aromatic heterocycles. The summed E-state index contributed by atoms with van der Waals surface area (Å²) in [6.45, 7) is 0. The molecule has 65 valence electrons. The number of nitriles is 1. The van der Waals surface area contributed by atoms with Crippen molar-refractivity contribution in [3.05, 3.63) is 48.4 Å². The fraction of sp³-hybridized carbons (Fsp3) is 0. The van der Waals surface area contributed by atoms with E-state index in [0.29, 0.717) is 5.56 Å². The molecule has 0 aliphatic carbocycles. The lowest BCUT2D eigenvalue weighted by Gasteiger charge is -2.00. The lowest BCUT2D eigenvalue weighted by Crippen LogP contribution is -1.87. The molecule has 0 amide bonds. The van der Waals surface area contributed by atoms with E-state index in [9.17, 15) is 0 Å². The van der Waals surface area contributed by atoms with Crippen LogP contribution < -0.4 is 0 Å². The third-order valence-corrected chi connectivity index (χ3v) is 1.83. The highest BCUT2D eigenvalue weighted by atomic mass is 14.7. The molecule has 0 fully saturated rings. The SMILES string of the molecule is N#Cc1ccncc1-c1cc[c]cn1. The van der Waals surface area contributed by atoms with Gasteiger partial charge in [0, 0.05) is 30.2 Å². The minimum atomic E-state index is 0.582. The van der Waals surface area contributed by atoms with E-state index < -0.39 is 0 Å². The molecule has 2 aromatic rings. The number of pyridine rings is 2. The highest BCUT2D eigenvalue weighted by molar-refractivity contribution is 5.65. The molecule has 2 heterocycles. The van der Waals surface area contributed by atoms with Crippen molar-refractivity contribution >= 4 is 0 Å². The second kappa shape index (κ2) is 3.67. The molecule has 1 radical (unpaired) electrons. The third kappa shape index (κ3) is 1.46. The molecule has 0 aromatic carbocycles. The number of hydrogen-bond acceptors (Lipinski definition) is 3. The molecule has 2 rings (SSSR count). The summed E-state index contributed by atoms with van der Waals surface area (Å²) in [4.78, 5) is 8.08. The van der Waals surface area contributed by atoms with Gasteiger partial charge in [0.2, 0.25) is 0 Å². The molecule has 0 saturated carbocycles. The van der Waals surface area contributed by atoms with Crippen LogP contribution in [-0.4, -0.2) is 9.97 Å². The Bertz CT molecular complexity index is 471. The first-order valence-corrected chi connectivity index (χ1v) is 4.08. The number of aromatic nitrogens is 2. The summed E-state index contributed by atoms with van der Waals surface area (Å²) >= 11 is 0. The first-order valence-electron chi connectivity index (χ1n) is 4.08. The Kier molecular flexibility index (Phi) is 2.20. The number of hydrogen-bond donors (Lipinski definition) is 0. The maximum Gasteiger partial charge on any atom is 0.0999 e. The first-order chi connectivity index (χ1) is 6.92. The van der Waals surface area contributed by atoms with Crippen molar-refractivity contribution in [3.8, 4) is 17.3 Å². The van der Waals surface area contributed by atoms with Gasteiger partial charge in [0.1, 0.15) is 0 Å². The van der Waals surface area contributed by atoms with Crippen LogP contribution in [0.15, 0.2) is 36.8 Å². The lowest BCUT2D eigenvalue weighted by molar-refractivity contribution is 1.26. The van der Waals surface area contributed by atoms with Crippen molar-refractivity contribution in [2.45, 2.75) is 0 Å². The van der Waals surface area contributed by atoms with Crippen molar-refractivity contribution in [3.63, 3.8) is 0 Å². The van der Waals surface area contributed by atoms with Crippen molar-refractivity contribution in [2.24, 2.45) is 0 Å². The van der Waals surface area contributed by atoms with E-state index in [1.165, 1.54) is 0 Å². The molecule has 0 spiro atoms. The molecule has 0 N–H and O–H groups in total. The van der Waals surface area contributed by atoms with Gasteiger partial charge in [-0.25, -0.2) is 0 Å². The summed E-state index contributed by atoms with van der Waals surface area (Å²) in [5.41, 5.74) is 2.08. The summed E-state index contributed by atoms with van der Waals surface area (Å²) in [6.07, 6.45) is 4.81. The predicted octanol–water partition coefficient (Wildman–Crippen LogP) is 1.82. The van der Waals surface area contributed by atoms with Gasteiger partial charge in [-0.2, -0.15) is 5.26 Å². The molecule has 0 aliphatic rings. The molecule has 3 nitrogen and oxygen atoms in total. The molecule has 3 heteroatoms. The van der Waals surface area contributed by atoms with Gasteiger partial charge in [0.15, 0.2) is 0 Å². The maximum absolute atomic E-state index is 8.87. The second-order valence-corrected chi connectivity index (χ2v) is 2.68. The zero-order valence-electron chi connectivity index (χ0n) is 7.31. The van der Waals surface area contributed by atoms with E-state index >= 15 is 0 Å². The van der Waals surface area contributed by atoms with Gasteiger partial charge in [0.05, 0.1) is 17.3 Å². The quantitative estimate of drug-likeness (QED) is 0.672. The molecule has 0 aliphatic heterocycles. The van der Waals surface area contributed by atoms with Crippen LogP contribution in [0.1, 0.15) is 5.56 Å². The number of rotatable bonds is 1. The van der Waals surface area contributed by atoms with Crippen LogP contribution in [0.5, 0.6) is 0 Å². The lowest BCUT2D eigenvalue weighted by atomic mass is 10.1. The Morgan fingerprint density at radius 3 is 3.00 bits per heavy atom. The van der Waals surface area contributed by atoms with E-state index in [1.54, 1.807) is 36.8 Å². The van der Waals surface area contributed by atoms with E-state index in [4.69, 9.17) is 5.26 Å². The average Bonchev–Trinajstić information content (AvgIpc) is 2.30.